The summed E-state index contributed by atoms with van der Waals surface area (Å²) in [6.45, 7) is 7.25. The van der Waals surface area contributed by atoms with Crippen molar-refractivity contribution >= 4 is 12.0 Å². The Morgan fingerprint density at radius 1 is 1.14 bits per heavy atom. The largest absolute Gasteiger partial charge is 0.480 e. The maximum Gasteiger partial charge on any atom is 0.320 e. The van der Waals surface area contributed by atoms with Crippen molar-refractivity contribution < 1.29 is 14.7 Å². The van der Waals surface area contributed by atoms with Gasteiger partial charge in [0.2, 0.25) is 0 Å². The van der Waals surface area contributed by atoms with Crippen LogP contribution in [0.2, 0.25) is 0 Å². The summed E-state index contributed by atoms with van der Waals surface area (Å²) < 4.78 is 0. The van der Waals surface area contributed by atoms with Gasteiger partial charge in [0.05, 0.1) is 0 Å². The molecule has 2 fully saturated rings. The van der Waals surface area contributed by atoms with E-state index < -0.39 is 12.0 Å². The van der Waals surface area contributed by atoms with Crippen LogP contribution in [0.3, 0.4) is 0 Å². The molecule has 0 saturated carbocycles. The quantitative estimate of drug-likeness (QED) is 0.856. The van der Waals surface area contributed by atoms with Crippen molar-refractivity contribution in [3.63, 3.8) is 0 Å². The molecule has 6 nitrogen and oxygen atoms in total. The van der Waals surface area contributed by atoms with Gasteiger partial charge in [-0.3, -0.25) is 9.69 Å². The normalized spacial score (nSPS) is 25.7. The van der Waals surface area contributed by atoms with Crippen molar-refractivity contribution in [2.24, 2.45) is 0 Å². The third kappa shape index (κ3) is 3.67. The fourth-order valence-corrected chi connectivity index (χ4v) is 3.32. The second-order valence-electron chi connectivity index (χ2n) is 6.07. The van der Waals surface area contributed by atoms with E-state index in [1.165, 1.54) is 6.42 Å². The van der Waals surface area contributed by atoms with Gasteiger partial charge in [0.25, 0.3) is 0 Å². The molecule has 2 heterocycles. The molecule has 2 amide bonds. The summed E-state index contributed by atoms with van der Waals surface area (Å²) in [4.78, 5) is 29.5. The number of hydrogen-bond donors (Lipinski definition) is 1. The predicted octanol–water partition coefficient (Wildman–Crippen LogP) is 1.46. The molecule has 0 aromatic carbocycles. The maximum absolute atomic E-state index is 12.6. The highest BCUT2D eigenvalue weighted by molar-refractivity contribution is 5.75. The van der Waals surface area contributed by atoms with E-state index in [0.29, 0.717) is 32.2 Å². The fourth-order valence-electron chi connectivity index (χ4n) is 3.32. The van der Waals surface area contributed by atoms with Crippen LogP contribution in [0.1, 0.15) is 39.5 Å². The van der Waals surface area contributed by atoms with Gasteiger partial charge in [0.15, 0.2) is 0 Å². The molecule has 21 heavy (non-hydrogen) atoms. The van der Waals surface area contributed by atoms with Gasteiger partial charge in [-0.05, 0) is 32.6 Å². The highest BCUT2D eigenvalue weighted by Crippen LogP contribution is 2.21. The first-order chi connectivity index (χ1) is 10.0. The molecule has 1 N–H and O–H groups in total. The smallest absolute Gasteiger partial charge is 0.320 e. The van der Waals surface area contributed by atoms with E-state index in [1.807, 2.05) is 14.7 Å². The number of rotatable bonds is 3. The van der Waals surface area contributed by atoms with Crippen molar-refractivity contribution in [3.8, 4) is 0 Å². The molecule has 120 valence electrons. The molecule has 2 atom stereocenters. The third-order valence-corrected chi connectivity index (χ3v) is 4.83. The molecule has 2 aliphatic rings. The first-order valence-electron chi connectivity index (χ1n) is 8.07. The Labute approximate surface area is 126 Å². The van der Waals surface area contributed by atoms with Crippen LogP contribution in [0.15, 0.2) is 0 Å². The van der Waals surface area contributed by atoms with E-state index in [1.54, 1.807) is 6.92 Å². The van der Waals surface area contributed by atoms with Crippen molar-refractivity contribution in [2.45, 2.75) is 51.6 Å². The van der Waals surface area contributed by atoms with Crippen molar-refractivity contribution in [3.05, 3.63) is 0 Å². The number of amides is 2. The summed E-state index contributed by atoms with van der Waals surface area (Å²) in [6.07, 6.45) is 4.43. The maximum atomic E-state index is 12.6. The zero-order valence-electron chi connectivity index (χ0n) is 13.1. The number of piperidine rings is 1. The fraction of sp³-hybridized carbons (Fsp3) is 0.867. The predicted molar refractivity (Wildman–Crippen MR) is 80.3 cm³/mol. The van der Waals surface area contributed by atoms with Crippen LogP contribution in [0.25, 0.3) is 0 Å². The van der Waals surface area contributed by atoms with Gasteiger partial charge in [-0.2, -0.15) is 0 Å². The van der Waals surface area contributed by atoms with E-state index in [-0.39, 0.29) is 6.03 Å². The Morgan fingerprint density at radius 3 is 2.38 bits per heavy atom. The summed E-state index contributed by atoms with van der Waals surface area (Å²) in [5.74, 6) is -0.795. The monoisotopic (exact) mass is 297 g/mol. The molecular weight excluding hydrogens is 270 g/mol. The lowest BCUT2D eigenvalue weighted by molar-refractivity contribution is -0.143. The number of nitrogens with zero attached hydrogens (tertiary/aromatic N) is 3. The Kier molecular flexibility index (Phi) is 5.45. The van der Waals surface area contributed by atoms with Gasteiger partial charge < -0.3 is 14.9 Å². The number of carbonyl (C=O) groups excluding carboxylic acids is 1. The van der Waals surface area contributed by atoms with Crippen LogP contribution < -0.4 is 0 Å². The molecule has 0 aliphatic carbocycles. The van der Waals surface area contributed by atoms with Gasteiger partial charge in [0.1, 0.15) is 6.04 Å². The summed E-state index contributed by atoms with van der Waals surface area (Å²) in [6, 6.07) is 0.0482. The van der Waals surface area contributed by atoms with E-state index in [9.17, 15) is 9.59 Å². The van der Waals surface area contributed by atoms with Crippen molar-refractivity contribution in [1.29, 1.82) is 0 Å². The molecule has 0 aromatic rings. The topological polar surface area (TPSA) is 64.1 Å². The van der Waals surface area contributed by atoms with Crippen molar-refractivity contribution in [1.82, 2.24) is 14.7 Å². The molecule has 2 aliphatic heterocycles. The Hall–Kier alpha value is -1.30. The molecule has 2 rings (SSSR count). The summed E-state index contributed by atoms with van der Waals surface area (Å²) >= 11 is 0. The lowest BCUT2D eigenvalue weighted by atomic mass is 10.0. The van der Waals surface area contributed by atoms with Gasteiger partial charge in [0, 0.05) is 38.8 Å². The Bertz CT molecular complexity index is 380. The number of urea groups is 1. The minimum absolute atomic E-state index is 0.143. The van der Waals surface area contributed by atoms with Gasteiger partial charge >= 0.3 is 12.0 Å². The molecule has 0 spiro atoms. The van der Waals surface area contributed by atoms with Crippen LogP contribution in [-0.2, 0) is 4.79 Å². The third-order valence-electron chi connectivity index (χ3n) is 4.83. The molecular formula is C15H27N3O3. The van der Waals surface area contributed by atoms with Gasteiger partial charge in [-0.25, -0.2) is 4.79 Å². The minimum Gasteiger partial charge on any atom is -0.480 e. The average molecular weight is 297 g/mol. The molecule has 0 bridgehead atoms. The number of carboxylic acid groups (broad SMARTS) is 1. The Balaban J connectivity index is 1.89. The SMILES string of the molecule is CCC1CCCCN1C(=O)N1CCN(C(C)C(=O)O)CC1. The average Bonchev–Trinajstić information content (AvgIpc) is 2.53. The van der Waals surface area contributed by atoms with Crippen LogP contribution in [0.5, 0.6) is 0 Å². The second kappa shape index (κ2) is 7.11. The minimum atomic E-state index is -0.795. The van der Waals surface area contributed by atoms with Crippen LogP contribution >= 0.6 is 0 Å². The molecule has 0 radical (unpaired) electrons. The number of aliphatic carboxylic acids is 1. The number of carboxylic acids is 1. The van der Waals surface area contributed by atoms with E-state index in [2.05, 4.69) is 6.92 Å². The van der Waals surface area contributed by atoms with E-state index in [0.717, 1.165) is 25.8 Å². The van der Waals surface area contributed by atoms with Crippen LogP contribution in [0.4, 0.5) is 4.79 Å². The zero-order chi connectivity index (χ0) is 15.4. The number of hydrogen-bond acceptors (Lipinski definition) is 3. The van der Waals surface area contributed by atoms with Crippen LogP contribution in [-0.4, -0.2) is 76.6 Å². The summed E-state index contributed by atoms with van der Waals surface area (Å²) in [5.41, 5.74) is 0. The summed E-state index contributed by atoms with van der Waals surface area (Å²) in [7, 11) is 0. The molecule has 2 unspecified atom stereocenters. The number of likely N-dealkylation sites (tertiary alicyclic amines) is 1. The molecule has 2 saturated heterocycles. The highest BCUT2D eigenvalue weighted by Gasteiger charge is 2.32. The zero-order valence-corrected chi connectivity index (χ0v) is 13.1. The van der Waals surface area contributed by atoms with E-state index >= 15 is 0 Å². The first kappa shape index (κ1) is 16.1. The lowest BCUT2D eigenvalue weighted by Crippen LogP contribution is -2.57. The van der Waals surface area contributed by atoms with Gasteiger partial charge in [-0.1, -0.05) is 6.92 Å². The first-order valence-corrected chi connectivity index (χ1v) is 8.07. The van der Waals surface area contributed by atoms with Gasteiger partial charge in [-0.15, -0.1) is 0 Å². The second-order valence-corrected chi connectivity index (χ2v) is 6.07. The Morgan fingerprint density at radius 2 is 1.81 bits per heavy atom. The summed E-state index contributed by atoms with van der Waals surface area (Å²) in [5, 5.41) is 9.05. The van der Waals surface area contributed by atoms with Crippen molar-refractivity contribution in [2.75, 3.05) is 32.7 Å². The van der Waals surface area contributed by atoms with E-state index in [4.69, 9.17) is 5.11 Å². The lowest BCUT2D eigenvalue weighted by Gasteiger charge is -2.42. The molecule has 6 heteroatoms. The number of piperazine rings is 1. The van der Waals surface area contributed by atoms with Crippen LogP contribution in [0, 0.1) is 0 Å². The standard InChI is InChI=1S/C15H27N3O3/c1-3-13-6-4-5-7-18(13)15(21)17-10-8-16(9-11-17)12(2)14(19)20/h12-13H,3-11H2,1-2H3,(H,19,20). The highest BCUT2D eigenvalue weighted by atomic mass is 16.4. The molecule has 0 aromatic heterocycles. The number of carbonyl (C=O) groups is 2.